The molecule has 0 aliphatic carbocycles. The lowest BCUT2D eigenvalue weighted by Crippen LogP contribution is -2.48. The Hall–Kier alpha value is -2.57. The summed E-state index contributed by atoms with van der Waals surface area (Å²) in [6.07, 6.45) is 2.26. The van der Waals surface area contributed by atoms with Crippen LogP contribution in [0.15, 0.2) is 59.6 Å². The van der Waals surface area contributed by atoms with Crippen LogP contribution in [0.4, 0.5) is 0 Å². The number of benzene rings is 2. The molecule has 0 bridgehead atoms. The van der Waals surface area contributed by atoms with Gasteiger partial charge in [-0.05, 0) is 50.2 Å². The van der Waals surface area contributed by atoms with E-state index in [2.05, 4.69) is 82.0 Å². The van der Waals surface area contributed by atoms with Gasteiger partial charge in [0.05, 0.1) is 0 Å². The maximum absolute atomic E-state index is 5.84. The molecule has 168 valence electrons. The first-order valence-corrected chi connectivity index (χ1v) is 11.2. The first-order chi connectivity index (χ1) is 15.1. The van der Waals surface area contributed by atoms with E-state index in [1.807, 2.05) is 19.2 Å². The standard InChI is InChI=1S/C25H37N5O/c1-26-25(27-19-22-10-7-11-24(18-22)31-17-16-29(2)3)28-23-12-14-30(15-13-23)20-21-8-5-4-6-9-21/h4-11,18,23H,12-17,19-20H2,1-3H3,(H2,26,27,28). The summed E-state index contributed by atoms with van der Waals surface area (Å²) in [4.78, 5) is 9.07. The molecule has 0 unspecified atom stereocenters. The summed E-state index contributed by atoms with van der Waals surface area (Å²) in [6, 6.07) is 19.4. The van der Waals surface area contributed by atoms with Gasteiger partial charge in [0.1, 0.15) is 12.4 Å². The molecule has 0 saturated carbocycles. The predicted molar refractivity (Wildman–Crippen MR) is 129 cm³/mol. The molecule has 2 N–H and O–H groups in total. The monoisotopic (exact) mass is 423 g/mol. The summed E-state index contributed by atoms with van der Waals surface area (Å²) >= 11 is 0. The van der Waals surface area contributed by atoms with Crippen molar-refractivity contribution in [2.75, 3.05) is 47.4 Å². The highest BCUT2D eigenvalue weighted by Gasteiger charge is 2.20. The second-order valence-corrected chi connectivity index (χ2v) is 8.41. The van der Waals surface area contributed by atoms with Crippen LogP contribution in [0.5, 0.6) is 5.75 Å². The van der Waals surface area contributed by atoms with Crippen molar-refractivity contribution in [3.8, 4) is 5.75 Å². The summed E-state index contributed by atoms with van der Waals surface area (Å²) in [5, 5.41) is 7.04. The van der Waals surface area contributed by atoms with Crippen LogP contribution in [0.3, 0.4) is 0 Å². The number of hydrogen-bond donors (Lipinski definition) is 2. The highest BCUT2D eigenvalue weighted by Crippen LogP contribution is 2.15. The van der Waals surface area contributed by atoms with Crippen molar-refractivity contribution in [2.24, 2.45) is 4.99 Å². The third-order valence-electron chi connectivity index (χ3n) is 5.57. The van der Waals surface area contributed by atoms with Gasteiger partial charge in [-0.25, -0.2) is 0 Å². The van der Waals surface area contributed by atoms with Crippen molar-refractivity contribution in [2.45, 2.75) is 32.0 Å². The summed E-state index contributed by atoms with van der Waals surface area (Å²) in [7, 11) is 5.94. The van der Waals surface area contributed by atoms with E-state index in [-0.39, 0.29) is 0 Å². The number of aliphatic imine (C=N–C) groups is 1. The molecule has 0 spiro atoms. The number of likely N-dealkylation sites (N-methyl/N-ethyl adjacent to an activating group) is 1. The van der Waals surface area contributed by atoms with Crippen LogP contribution in [0.25, 0.3) is 0 Å². The van der Waals surface area contributed by atoms with Crippen LogP contribution in [0.2, 0.25) is 0 Å². The van der Waals surface area contributed by atoms with Gasteiger partial charge in [0, 0.05) is 45.8 Å². The van der Waals surface area contributed by atoms with E-state index in [0.717, 1.165) is 57.3 Å². The van der Waals surface area contributed by atoms with Crippen LogP contribution in [0, 0.1) is 0 Å². The van der Waals surface area contributed by atoms with Crippen molar-refractivity contribution in [3.05, 3.63) is 65.7 Å². The van der Waals surface area contributed by atoms with E-state index < -0.39 is 0 Å². The van der Waals surface area contributed by atoms with E-state index in [9.17, 15) is 0 Å². The van der Waals surface area contributed by atoms with Crippen LogP contribution in [0.1, 0.15) is 24.0 Å². The Balaban J connectivity index is 1.40. The molecular formula is C25H37N5O. The molecule has 1 aliphatic heterocycles. The van der Waals surface area contributed by atoms with Gasteiger partial charge in [-0.1, -0.05) is 42.5 Å². The second-order valence-electron chi connectivity index (χ2n) is 8.41. The van der Waals surface area contributed by atoms with Crippen molar-refractivity contribution < 1.29 is 4.74 Å². The number of ether oxygens (including phenoxy) is 1. The number of likely N-dealkylation sites (tertiary alicyclic amines) is 1. The first-order valence-electron chi connectivity index (χ1n) is 11.2. The topological polar surface area (TPSA) is 52.1 Å². The molecule has 1 heterocycles. The molecule has 1 fully saturated rings. The average Bonchev–Trinajstić information content (AvgIpc) is 2.78. The number of rotatable bonds is 9. The lowest BCUT2D eigenvalue weighted by Gasteiger charge is -2.33. The Labute approximate surface area is 187 Å². The molecule has 0 radical (unpaired) electrons. The predicted octanol–water partition coefficient (Wildman–Crippen LogP) is 2.96. The van der Waals surface area contributed by atoms with E-state index >= 15 is 0 Å². The lowest BCUT2D eigenvalue weighted by atomic mass is 10.0. The van der Waals surface area contributed by atoms with Crippen LogP contribution < -0.4 is 15.4 Å². The molecule has 2 aromatic rings. The largest absolute Gasteiger partial charge is 0.492 e. The van der Waals surface area contributed by atoms with Crippen LogP contribution in [-0.2, 0) is 13.1 Å². The maximum atomic E-state index is 5.84. The molecule has 0 aromatic heterocycles. The molecule has 6 nitrogen and oxygen atoms in total. The van der Waals surface area contributed by atoms with Crippen LogP contribution in [-0.4, -0.2) is 69.2 Å². The van der Waals surface area contributed by atoms with Crippen molar-refractivity contribution in [1.29, 1.82) is 0 Å². The third-order valence-corrected chi connectivity index (χ3v) is 5.57. The quantitative estimate of drug-likeness (QED) is 0.480. The van der Waals surface area contributed by atoms with Crippen molar-refractivity contribution >= 4 is 5.96 Å². The van der Waals surface area contributed by atoms with Gasteiger partial charge in [0.15, 0.2) is 5.96 Å². The molecule has 0 amide bonds. The average molecular weight is 424 g/mol. The highest BCUT2D eigenvalue weighted by molar-refractivity contribution is 5.79. The van der Waals surface area contributed by atoms with Gasteiger partial charge in [0.2, 0.25) is 0 Å². The number of nitrogens with one attached hydrogen (secondary N) is 2. The molecule has 0 atom stereocenters. The van der Waals surface area contributed by atoms with E-state index in [0.29, 0.717) is 12.6 Å². The molecule has 6 heteroatoms. The normalized spacial score (nSPS) is 15.8. The second kappa shape index (κ2) is 12.3. The Morgan fingerprint density at radius 3 is 2.52 bits per heavy atom. The minimum absolute atomic E-state index is 0.457. The summed E-state index contributed by atoms with van der Waals surface area (Å²) in [5.74, 6) is 1.77. The van der Waals surface area contributed by atoms with Gasteiger partial charge in [-0.3, -0.25) is 9.89 Å². The van der Waals surface area contributed by atoms with Crippen molar-refractivity contribution in [3.63, 3.8) is 0 Å². The van der Waals surface area contributed by atoms with Crippen molar-refractivity contribution in [1.82, 2.24) is 20.4 Å². The smallest absolute Gasteiger partial charge is 0.191 e. The van der Waals surface area contributed by atoms with E-state index in [1.165, 1.54) is 11.1 Å². The summed E-state index contributed by atoms with van der Waals surface area (Å²) in [6.45, 7) is 5.57. The van der Waals surface area contributed by atoms with Gasteiger partial charge >= 0.3 is 0 Å². The molecule has 31 heavy (non-hydrogen) atoms. The molecule has 2 aromatic carbocycles. The van der Waals surface area contributed by atoms with E-state index in [1.54, 1.807) is 0 Å². The Morgan fingerprint density at radius 1 is 1.06 bits per heavy atom. The molecular weight excluding hydrogens is 386 g/mol. The number of hydrogen-bond acceptors (Lipinski definition) is 4. The minimum atomic E-state index is 0.457. The molecule has 3 rings (SSSR count). The zero-order chi connectivity index (χ0) is 21.9. The number of guanidine groups is 1. The van der Waals surface area contributed by atoms with E-state index in [4.69, 9.17) is 4.74 Å². The van der Waals surface area contributed by atoms with Gasteiger partial charge in [-0.15, -0.1) is 0 Å². The first kappa shape index (κ1) is 23.1. The Kier molecular flexibility index (Phi) is 9.18. The highest BCUT2D eigenvalue weighted by atomic mass is 16.5. The zero-order valence-electron chi connectivity index (χ0n) is 19.2. The van der Waals surface area contributed by atoms with Crippen LogP contribution >= 0.6 is 0 Å². The van der Waals surface area contributed by atoms with Gasteiger partial charge in [-0.2, -0.15) is 0 Å². The summed E-state index contributed by atoms with van der Waals surface area (Å²) < 4.78 is 5.84. The molecule has 1 saturated heterocycles. The maximum Gasteiger partial charge on any atom is 0.191 e. The fourth-order valence-corrected chi connectivity index (χ4v) is 3.74. The minimum Gasteiger partial charge on any atom is -0.492 e. The number of piperidine rings is 1. The SMILES string of the molecule is CN=C(NCc1cccc(OCCN(C)C)c1)NC1CCN(Cc2ccccc2)CC1. The van der Waals surface area contributed by atoms with Gasteiger partial charge < -0.3 is 20.3 Å². The fraction of sp³-hybridized carbons (Fsp3) is 0.480. The lowest BCUT2D eigenvalue weighted by molar-refractivity contribution is 0.198. The Morgan fingerprint density at radius 2 is 1.81 bits per heavy atom. The number of nitrogens with zero attached hydrogens (tertiary/aromatic N) is 3. The molecule has 1 aliphatic rings. The zero-order valence-corrected chi connectivity index (χ0v) is 19.2. The third kappa shape index (κ3) is 8.23. The summed E-state index contributed by atoms with van der Waals surface area (Å²) in [5.41, 5.74) is 2.57. The Bertz CT molecular complexity index is 801. The van der Waals surface area contributed by atoms with Gasteiger partial charge in [0.25, 0.3) is 0 Å². The fourth-order valence-electron chi connectivity index (χ4n) is 3.74.